The van der Waals surface area contributed by atoms with E-state index in [1.165, 1.54) is 6.20 Å². The van der Waals surface area contributed by atoms with Crippen molar-refractivity contribution in [2.45, 2.75) is 20.4 Å². The number of carbonyl (C=O) groups is 1. The fraction of sp³-hybridized carbons (Fsp3) is 0.692. The Labute approximate surface area is 114 Å². The minimum atomic E-state index is -0.933. The van der Waals surface area contributed by atoms with Gasteiger partial charge in [-0.2, -0.15) is 5.10 Å². The maximum atomic E-state index is 11.1. The summed E-state index contributed by atoms with van der Waals surface area (Å²) in [6.45, 7) is 6.66. The molecule has 6 heteroatoms. The van der Waals surface area contributed by atoms with Crippen molar-refractivity contribution >= 4 is 5.97 Å². The molecule has 0 aliphatic rings. The topological polar surface area (TPSA) is 70.4 Å². The Hall–Kier alpha value is -1.40. The first-order valence-corrected chi connectivity index (χ1v) is 6.32. The number of aromatic nitrogens is 2. The molecule has 0 fully saturated rings. The van der Waals surface area contributed by atoms with Gasteiger partial charge in [0.15, 0.2) is 0 Å². The molecular formula is C13H24N4O2. The number of carboxylic acids is 1. The number of hydrogen-bond donors (Lipinski definition) is 2. The second-order valence-electron chi connectivity index (χ2n) is 5.94. The summed E-state index contributed by atoms with van der Waals surface area (Å²) < 4.78 is 1.61. The van der Waals surface area contributed by atoms with Gasteiger partial charge in [0.25, 0.3) is 0 Å². The van der Waals surface area contributed by atoms with Crippen molar-refractivity contribution in [1.29, 1.82) is 0 Å². The Balaban J connectivity index is 2.58. The van der Waals surface area contributed by atoms with Crippen molar-refractivity contribution in [2.24, 2.45) is 12.5 Å². The van der Waals surface area contributed by atoms with E-state index in [-0.39, 0.29) is 11.0 Å². The van der Waals surface area contributed by atoms with Crippen molar-refractivity contribution in [3.63, 3.8) is 0 Å². The normalized spacial score (nSPS) is 12.1. The summed E-state index contributed by atoms with van der Waals surface area (Å²) in [4.78, 5) is 13.2. The van der Waals surface area contributed by atoms with Crippen LogP contribution in [0.3, 0.4) is 0 Å². The zero-order valence-electron chi connectivity index (χ0n) is 12.4. The predicted octanol–water partition coefficient (Wildman–Crippen LogP) is 0.796. The number of aryl methyl sites for hydroxylation is 1. The van der Waals surface area contributed by atoms with Gasteiger partial charge in [0.05, 0.1) is 11.9 Å². The molecular weight excluding hydrogens is 244 g/mol. The van der Waals surface area contributed by atoms with Crippen LogP contribution < -0.4 is 5.32 Å². The number of hydrogen-bond acceptors (Lipinski definition) is 4. The third-order valence-corrected chi connectivity index (χ3v) is 2.93. The number of aromatic carboxylic acids is 1. The van der Waals surface area contributed by atoms with E-state index in [0.29, 0.717) is 12.2 Å². The number of nitrogens with one attached hydrogen (secondary N) is 1. The van der Waals surface area contributed by atoms with Crippen LogP contribution in [0.15, 0.2) is 6.20 Å². The molecule has 0 saturated heterocycles. The molecule has 0 spiro atoms. The standard InChI is InChI=1S/C13H24N4O2/c1-13(2,9-16(3)4)8-14-7-11-10(12(18)19)6-15-17(11)5/h6,14H,7-9H2,1-5H3,(H,18,19). The van der Waals surface area contributed by atoms with Crippen LogP contribution in [0.4, 0.5) is 0 Å². The van der Waals surface area contributed by atoms with E-state index in [1.54, 1.807) is 11.7 Å². The first-order valence-electron chi connectivity index (χ1n) is 6.32. The summed E-state index contributed by atoms with van der Waals surface area (Å²) in [5.74, 6) is -0.933. The van der Waals surface area contributed by atoms with E-state index in [4.69, 9.17) is 5.11 Å². The van der Waals surface area contributed by atoms with Crippen LogP contribution in [0.5, 0.6) is 0 Å². The van der Waals surface area contributed by atoms with E-state index in [9.17, 15) is 4.79 Å². The summed E-state index contributed by atoms with van der Waals surface area (Å²) in [6.07, 6.45) is 1.39. The molecule has 2 N–H and O–H groups in total. The summed E-state index contributed by atoms with van der Waals surface area (Å²) in [5, 5.41) is 16.4. The quantitative estimate of drug-likeness (QED) is 0.765. The van der Waals surface area contributed by atoms with Crippen molar-refractivity contribution in [3.8, 4) is 0 Å². The van der Waals surface area contributed by atoms with E-state index in [1.807, 2.05) is 14.1 Å². The van der Waals surface area contributed by atoms with Crippen molar-refractivity contribution in [3.05, 3.63) is 17.5 Å². The number of carboxylic acid groups (broad SMARTS) is 1. The minimum absolute atomic E-state index is 0.130. The van der Waals surface area contributed by atoms with Gasteiger partial charge in [-0.3, -0.25) is 4.68 Å². The molecule has 1 heterocycles. The van der Waals surface area contributed by atoms with Crippen LogP contribution in [0.2, 0.25) is 0 Å². The molecule has 1 rings (SSSR count). The fourth-order valence-corrected chi connectivity index (χ4v) is 2.28. The second-order valence-corrected chi connectivity index (χ2v) is 5.94. The molecule has 108 valence electrons. The lowest BCUT2D eigenvalue weighted by Crippen LogP contribution is -2.37. The van der Waals surface area contributed by atoms with Gasteiger partial charge in [-0.25, -0.2) is 4.79 Å². The van der Waals surface area contributed by atoms with Crippen molar-refractivity contribution in [1.82, 2.24) is 20.0 Å². The molecule has 0 unspecified atom stereocenters. The van der Waals surface area contributed by atoms with E-state index in [2.05, 4.69) is 29.2 Å². The van der Waals surface area contributed by atoms with Crippen molar-refractivity contribution in [2.75, 3.05) is 27.2 Å². The van der Waals surface area contributed by atoms with Crippen LogP contribution in [0.25, 0.3) is 0 Å². The third kappa shape index (κ3) is 4.65. The first-order chi connectivity index (χ1) is 8.73. The Bertz CT molecular complexity index is 438. The molecule has 0 bridgehead atoms. The van der Waals surface area contributed by atoms with Gasteiger partial charge in [-0.1, -0.05) is 13.8 Å². The monoisotopic (exact) mass is 268 g/mol. The van der Waals surface area contributed by atoms with Gasteiger partial charge in [-0.15, -0.1) is 0 Å². The number of nitrogens with zero attached hydrogens (tertiary/aromatic N) is 3. The molecule has 0 amide bonds. The van der Waals surface area contributed by atoms with E-state index >= 15 is 0 Å². The minimum Gasteiger partial charge on any atom is -0.478 e. The molecule has 0 saturated carbocycles. The van der Waals surface area contributed by atoms with Crippen LogP contribution in [0, 0.1) is 5.41 Å². The zero-order chi connectivity index (χ0) is 14.6. The highest BCUT2D eigenvalue weighted by Crippen LogP contribution is 2.15. The van der Waals surface area contributed by atoms with Gasteiger partial charge < -0.3 is 15.3 Å². The number of rotatable bonds is 7. The largest absolute Gasteiger partial charge is 0.478 e. The lowest BCUT2D eigenvalue weighted by molar-refractivity contribution is 0.0695. The van der Waals surface area contributed by atoms with Gasteiger partial charge in [0.1, 0.15) is 5.56 Å². The molecule has 1 aromatic rings. The molecule has 1 aromatic heterocycles. The van der Waals surface area contributed by atoms with Gasteiger partial charge in [-0.05, 0) is 19.5 Å². The molecule has 6 nitrogen and oxygen atoms in total. The zero-order valence-corrected chi connectivity index (χ0v) is 12.4. The first kappa shape index (κ1) is 15.7. The summed E-state index contributed by atoms with van der Waals surface area (Å²) in [7, 11) is 5.85. The molecule has 0 aliphatic carbocycles. The summed E-state index contributed by atoms with van der Waals surface area (Å²) in [6, 6.07) is 0. The summed E-state index contributed by atoms with van der Waals surface area (Å²) >= 11 is 0. The maximum Gasteiger partial charge on any atom is 0.339 e. The Morgan fingerprint density at radius 1 is 1.53 bits per heavy atom. The summed E-state index contributed by atoms with van der Waals surface area (Å²) in [5.41, 5.74) is 1.10. The molecule has 0 radical (unpaired) electrons. The Morgan fingerprint density at radius 3 is 2.68 bits per heavy atom. The van der Waals surface area contributed by atoms with E-state index in [0.717, 1.165) is 13.1 Å². The molecule has 0 aliphatic heterocycles. The maximum absolute atomic E-state index is 11.1. The van der Waals surface area contributed by atoms with Gasteiger partial charge >= 0.3 is 5.97 Å². The average Bonchev–Trinajstić information content (AvgIpc) is 2.58. The average molecular weight is 268 g/mol. The Morgan fingerprint density at radius 2 is 2.16 bits per heavy atom. The smallest absolute Gasteiger partial charge is 0.339 e. The van der Waals surface area contributed by atoms with Crippen LogP contribution >= 0.6 is 0 Å². The van der Waals surface area contributed by atoms with Crippen LogP contribution in [-0.4, -0.2) is 52.9 Å². The van der Waals surface area contributed by atoms with Crippen LogP contribution in [0.1, 0.15) is 29.9 Å². The molecule has 0 aromatic carbocycles. The van der Waals surface area contributed by atoms with Crippen LogP contribution in [-0.2, 0) is 13.6 Å². The van der Waals surface area contributed by atoms with Gasteiger partial charge in [0.2, 0.25) is 0 Å². The highest BCUT2D eigenvalue weighted by molar-refractivity contribution is 5.88. The molecule has 0 atom stereocenters. The predicted molar refractivity (Wildman–Crippen MR) is 74.2 cm³/mol. The second kappa shape index (κ2) is 6.16. The molecule has 19 heavy (non-hydrogen) atoms. The highest BCUT2D eigenvalue weighted by atomic mass is 16.4. The Kier molecular flexibility index (Phi) is 5.08. The van der Waals surface area contributed by atoms with Gasteiger partial charge in [0, 0.05) is 26.7 Å². The van der Waals surface area contributed by atoms with E-state index < -0.39 is 5.97 Å². The SMILES string of the molecule is CN(C)CC(C)(C)CNCc1c(C(=O)O)cnn1C. The lowest BCUT2D eigenvalue weighted by atomic mass is 9.93. The lowest BCUT2D eigenvalue weighted by Gasteiger charge is -2.28. The highest BCUT2D eigenvalue weighted by Gasteiger charge is 2.20. The third-order valence-electron chi connectivity index (χ3n) is 2.93. The van der Waals surface area contributed by atoms with Crippen molar-refractivity contribution < 1.29 is 9.90 Å². The fourth-order valence-electron chi connectivity index (χ4n) is 2.28.